The Hall–Kier alpha value is -1.97. The molecular formula is C24H27ClN2O5S. The standard InChI is InChI=1S/C24H27ClN2O5S/c25-20-8-4-5-9-22(20)33(30,31)26-12-13-32-21(16-26)23(28)27-18-10-11-19(27)15-24(29,14-18)17-6-2-1-3-7-17/h1-9,18-19,21,29H,10-16H2/t18-,19-,21+/m0/s1. The molecule has 0 unspecified atom stereocenters. The zero-order chi connectivity index (χ0) is 23.2. The van der Waals surface area contributed by atoms with Crippen LogP contribution in [0.25, 0.3) is 0 Å². The number of amides is 1. The number of sulfonamides is 1. The van der Waals surface area contributed by atoms with Gasteiger partial charge in [-0.05, 0) is 30.5 Å². The smallest absolute Gasteiger partial charge is 0.253 e. The number of nitrogens with zero attached hydrogens (tertiary/aromatic N) is 2. The molecule has 0 aromatic heterocycles. The Bertz CT molecular complexity index is 1130. The lowest BCUT2D eigenvalue weighted by Crippen LogP contribution is -2.58. The molecule has 1 N–H and O–H groups in total. The second kappa shape index (κ2) is 8.67. The van der Waals surface area contributed by atoms with Gasteiger partial charge in [-0.15, -0.1) is 0 Å². The minimum Gasteiger partial charge on any atom is -0.385 e. The van der Waals surface area contributed by atoms with E-state index < -0.39 is 21.7 Å². The van der Waals surface area contributed by atoms with Gasteiger partial charge in [-0.3, -0.25) is 4.79 Å². The summed E-state index contributed by atoms with van der Waals surface area (Å²) in [6.45, 7) is 0.250. The summed E-state index contributed by atoms with van der Waals surface area (Å²) in [5.74, 6) is -0.198. The van der Waals surface area contributed by atoms with E-state index in [4.69, 9.17) is 16.3 Å². The Morgan fingerprint density at radius 3 is 2.33 bits per heavy atom. The van der Waals surface area contributed by atoms with Gasteiger partial charge < -0.3 is 14.7 Å². The minimum absolute atomic E-state index is 0.0331. The number of piperidine rings is 1. The molecule has 3 aliphatic heterocycles. The summed E-state index contributed by atoms with van der Waals surface area (Å²) < 4.78 is 33.4. The quantitative estimate of drug-likeness (QED) is 0.712. The Morgan fingerprint density at radius 2 is 1.67 bits per heavy atom. The van der Waals surface area contributed by atoms with E-state index >= 15 is 0 Å². The molecule has 33 heavy (non-hydrogen) atoms. The Balaban J connectivity index is 1.33. The molecule has 3 aliphatic rings. The summed E-state index contributed by atoms with van der Waals surface area (Å²) >= 11 is 6.14. The van der Waals surface area contributed by atoms with Crippen molar-refractivity contribution in [1.82, 2.24) is 9.21 Å². The molecule has 5 rings (SSSR count). The van der Waals surface area contributed by atoms with E-state index in [0.717, 1.165) is 18.4 Å². The number of fused-ring (bicyclic) bond motifs is 2. The molecule has 0 radical (unpaired) electrons. The summed E-state index contributed by atoms with van der Waals surface area (Å²) in [6.07, 6.45) is 1.70. The third kappa shape index (κ3) is 4.08. The van der Waals surface area contributed by atoms with Crippen LogP contribution < -0.4 is 0 Å². The molecule has 2 aromatic rings. The van der Waals surface area contributed by atoms with Crippen LogP contribution in [0.2, 0.25) is 5.02 Å². The van der Waals surface area contributed by atoms with Gasteiger partial charge in [0.05, 0.1) is 17.2 Å². The highest BCUT2D eigenvalue weighted by Gasteiger charge is 2.51. The van der Waals surface area contributed by atoms with Gasteiger partial charge in [0.1, 0.15) is 11.0 Å². The number of carbonyl (C=O) groups excluding carboxylic acids is 1. The summed E-state index contributed by atoms with van der Waals surface area (Å²) in [6, 6.07) is 15.7. The predicted molar refractivity (Wildman–Crippen MR) is 123 cm³/mol. The maximum atomic E-state index is 13.5. The first kappa shape index (κ1) is 22.8. The minimum atomic E-state index is -3.85. The summed E-state index contributed by atoms with van der Waals surface area (Å²) in [4.78, 5) is 15.4. The van der Waals surface area contributed by atoms with Crippen LogP contribution in [0, 0.1) is 0 Å². The molecule has 0 spiro atoms. The highest BCUT2D eigenvalue weighted by atomic mass is 35.5. The highest BCUT2D eigenvalue weighted by Crippen LogP contribution is 2.46. The van der Waals surface area contributed by atoms with Crippen molar-refractivity contribution >= 4 is 27.5 Å². The number of hydrogen-bond donors (Lipinski definition) is 1. The summed E-state index contributed by atoms with van der Waals surface area (Å²) in [7, 11) is -3.85. The van der Waals surface area contributed by atoms with Crippen molar-refractivity contribution in [3.05, 3.63) is 65.2 Å². The van der Waals surface area contributed by atoms with E-state index in [9.17, 15) is 18.3 Å². The Kier molecular flexibility index (Phi) is 5.99. The zero-order valence-electron chi connectivity index (χ0n) is 18.1. The maximum Gasteiger partial charge on any atom is 0.253 e. The maximum absolute atomic E-state index is 13.5. The zero-order valence-corrected chi connectivity index (χ0v) is 19.7. The molecular weight excluding hydrogens is 464 g/mol. The van der Waals surface area contributed by atoms with Gasteiger partial charge >= 0.3 is 0 Å². The van der Waals surface area contributed by atoms with Gasteiger partial charge in [0, 0.05) is 38.0 Å². The van der Waals surface area contributed by atoms with Crippen LogP contribution >= 0.6 is 11.6 Å². The molecule has 2 aromatic carbocycles. The number of halogens is 1. The fourth-order valence-corrected chi connectivity index (χ4v) is 7.44. The van der Waals surface area contributed by atoms with Crippen LogP contribution in [0.3, 0.4) is 0 Å². The van der Waals surface area contributed by atoms with E-state index in [1.807, 2.05) is 35.2 Å². The van der Waals surface area contributed by atoms with E-state index in [-0.39, 0.29) is 47.6 Å². The number of hydrogen-bond acceptors (Lipinski definition) is 5. The van der Waals surface area contributed by atoms with Crippen molar-refractivity contribution in [2.45, 2.75) is 54.4 Å². The molecule has 0 aliphatic carbocycles. The lowest BCUT2D eigenvalue weighted by atomic mass is 9.80. The molecule has 3 saturated heterocycles. The van der Waals surface area contributed by atoms with Crippen LogP contribution in [0.15, 0.2) is 59.5 Å². The Morgan fingerprint density at radius 1 is 1.03 bits per heavy atom. The van der Waals surface area contributed by atoms with Crippen LogP contribution in [0.4, 0.5) is 0 Å². The molecule has 0 saturated carbocycles. The fourth-order valence-electron chi connectivity index (χ4n) is 5.52. The van der Waals surface area contributed by atoms with Gasteiger partial charge in [0.25, 0.3) is 5.91 Å². The lowest BCUT2D eigenvalue weighted by Gasteiger charge is -2.45. The van der Waals surface area contributed by atoms with Crippen LogP contribution in [-0.2, 0) is 25.2 Å². The second-order valence-corrected chi connectivity index (χ2v) is 11.4. The van der Waals surface area contributed by atoms with E-state index in [0.29, 0.717) is 12.8 Å². The largest absolute Gasteiger partial charge is 0.385 e. The molecule has 2 bridgehead atoms. The Labute approximate surface area is 199 Å². The highest BCUT2D eigenvalue weighted by molar-refractivity contribution is 7.89. The lowest BCUT2D eigenvalue weighted by molar-refractivity contribution is -0.157. The second-order valence-electron chi connectivity index (χ2n) is 9.09. The van der Waals surface area contributed by atoms with Crippen molar-refractivity contribution in [2.24, 2.45) is 0 Å². The van der Waals surface area contributed by atoms with Gasteiger partial charge in [-0.1, -0.05) is 54.1 Å². The average molecular weight is 491 g/mol. The van der Waals surface area contributed by atoms with Crippen molar-refractivity contribution in [2.75, 3.05) is 19.7 Å². The first-order valence-corrected chi connectivity index (χ1v) is 13.1. The molecule has 1 amide bonds. The summed E-state index contributed by atoms with van der Waals surface area (Å²) in [5.41, 5.74) is -0.0866. The third-order valence-electron chi connectivity index (χ3n) is 7.09. The topological polar surface area (TPSA) is 87.2 Å². The van der Waals surface area contributed by atoms with Gasteiger partial charge in [-0.2, -0.15) is 4.31 Å². The molecule has 3 atom stereocenters. The van der Waals surface area contributed by atoms with Crippen LogP contribution in [0.1, 0.15) is 31.2 Å². The monoisotopic (exact) mass is 490 g/mol. The number of morpholine rings is 1. The van der Waals surface area contributed by atoms with Gasteiger partial charge in [-0.25, -0.2) is 8.42 Å². The van der Waals surface area contributed by atoms with E-state index in [2.05, 4.69) is 0 Å². The summed E-state index contributed by atoms with van der Waals surface area (Å²) in [5, 5.41) is 11.5. The first-order valence-electron chi connectivity index (χ1n) is 11.3. The van der Waals surface area contributed by atoms with Crippen molar-refractivity contribution in [3.8, 4) is 0 Å². The predicted octanol–water partition coefficient (Wildman–Crippen LogP) is 2.77. The van der Waals surface area contributed by atoms with Crippen molar-refractivity contribution < 1.29 is 23.1 Å². The molecule has 3 fully saturated rings. The number of rotatable bonds is 4. The number of benzene rings is 2. The van der Waals surface area contributed by atoms with Gasteiger partial charge in [0.15, 0.2) is 0 Å². The number of carbonyl (C=O) groups is 1. The SMILES string of the molecule is O=C([C@H]1CN(S(=O)(=O)c2ccccc2Cl)CCO1)N1[C@H]2CC[C@H]1CC(O)(c1ccccc1)C2. The van der Waals surface area contributed by atoms with Crippen molar-refractivity contribution in [1.29, 1.82) is 0 Å². The van der Waals surface area contributed by atoms with Crippen molar-refractivity contribution in [3.63, 3.8) is 0 Å². The fraction of sp³-hybridized carbons (Fsp3) is 0.458. The van der Waals surface area contributed by atoms with Gasteiger partial charge in [0.2, 0.25) is 10.0 Å². The number of aliphatic hydroxyl groups is 1. The molecule has 7 nitrogen and oxygen atoms in total. The first-order chi connectivity index (χ1) is 15.8. The third-order valence-corrected chi connectivity index (χ3v) is 9.46. The average Bonchev–Trinajstić information content (AvgIpc) is 3.11. The normalized spacial score (nSPS) is 30.4. The van der Waals surface area contributed by atoms with E-state index in [1.165, 1.54) is 16.4 Å². The number of ether oxygens (including phenoxy) is 1. The van der Waals surface area contributed by atoms with Crippen LogP contribution in [0.5, 0.6) is 0 Å². The molecule has 176 valence electrons. The molecule has 9 heteroatoms. The van der Waals surface area contributed by atoms with Crippen LogP contribution in [-0.4, -0.2) is 66.5 Å². The molecule has 3 heterocycles. The van der Waals surface area contributed by atoms with E-state index in [1.54, 1.807) is 12.1 Å².